The van der Waals surface area contributed by atoms with Gasteiger partial charge in [-0.3, -0.25) is 0 Å². The lowest BCUT2D eigenvalue weighted by molar-refractivity contribution is 0.0272. The summed E-state index contributed by atoms with van der Waals surface area (Å²) < 4.78 is 5.05. The highest BCUT2D eigenvalue weighted by molar-refractivity contribution is 5.65. The molecule has 0 aromatic rings. The Kier molecular flexibility index (Phi) is 6.37. The summed E-state index contributed by atoms with van der Waals surface area (Å²) in [5, 5.41) is 0. The van der Waals surface area contributed by atoms with Gasteiger partial charge in [-0.15, -0.1) is 0 Å². The van der Waals surface area contributed by atoms with Crippen LogP contribution in [0, 0.1) is 5.92 Å². The number of hydrogen-bond donors (Lipinski definition) is 1. The van der Waals surface area contributed by atoms with Gasteiger partial charge in [-0.25, -0.2) is 4.79 Å². The van der Waals surface area contributed by atoms with Gasteiger partial charge in [0.2, 0.25) is 0 Å². The summed E-state index contributed by atoms with van der Waals surface area (Å²) in [5.74, 6) is 0.575. The second-order valence-electron chi connectivity index (χ2n) is 4.99. The normalized spacial score (nSPS) is 13.6. The van der Waals surface area contributed by atoms with Crippen molar-refractivity contribution in [3.63, 3.8) is 0 Å². The minimum Gasteiger partial charge on any atom is -0.444 e. The molecule has 0 aromatic heterocycles. The van der Waals surface area contributed by atoms with E-state index in [1.54, 1.807) is 0 Å². The smallest absolute Gasteiger partial charge is 0.405 e. The summed E-state index contributed by atoms with van der Waals surface area (Å²) in [6, 6.07) is 0. The minimum absolute atomic E-state index is 0.433. The van der Waals surface area contributed by atoms with E-state index in [2.05, 4.69) is 13.8 Å². The van der Waals surface area contributed by atoms with Crippen LogP contribution in [0.3, 0.4) is 0 Å². The zero-order chi connectivity index (χ0) is 11.9. The van der Waals surface area contributed by atoms with Crippen molar-refractivity contribution in [1.82, 2.24) is 0 Å². The predicted octanol–water partition coefficient (Wildman–Crippen LogP) is 3.47. The van der Waals surface area contributed by atoms with Gasteiger partial charge in [0.05, 0.1) is 0 Å². The summed E-state index contributed by atoms with van der Waals surface area (Å²) >= 11 is 0. The van der Waals surface area contributed by atoms with Crippen LogP contribution in [-0.2, 0) is 4.74 Å². The Balaban J connectivity index is 3.82. The molecule has 0 saturated carbocycles. The number of ether oxygens (including phenoxy) is 1. The molecule has 0 radical (unpaired) electrons. The van der Waals surface area contributed by atoms with E-state index in [0.717, 1.165) is 6.42 Å². The summed E-state index contributed by atoms with van der Waals surface area (Å²) in [6.07, 6.45) is 5.17. The standard InChI is InChI=1S/C12H25NO2/c1-5-6-7-8-10(2)9-12(3,4)15-11(13)14/h10H,5-9H2,1-4H3,(H2,13,14). The molecule has 0 bridgehead atoms. The van der Waals surface area contributed by atoms with Crippen LogP contribution in [0.25, 0.3) is 0 Å². The van der Waals surface area contributed by atoms with E-state index in [1.165, 1.54) is 25.7 Å². The first-order valence-corrected chi connectivity index (χ1v) is 5.86. The van der Waals surface area contributed by atoms with Crippen LogP contribution >= 0.6 is 0 Å². The van der Waals surface area contributed by atoms with Crippen molar-refractivity contribution in [2.45, 2.75) is 65.4 Å². The number of rotatable bonds is 7. The molecule has 1 amide bonds. The lowest BCUT2D eigenvalue weighted by Crippen LogP contribution is -2.32. The quantitative estimate of drug-likeness (QED) is 0.661. The second kappa shape index (κ2) is 6.70. The molecule has 0 aliphatic heterocycles. The zero-order valence-electron chi connectivity index (χ0n) is 10.5. The van der Waals surface area contributed by atoms with Crippen LogP contribution < -0.4 is 5.73 Å². The van der Waals surface area contributed by atoms with E-state index in [1.807, 2.05) is 13.8 Å². The van der Waals surface area contributed by atoms with E-state index in [0.29, 0.717) is 5.92 Å². The van der Waals surface area contributed by atoms with Crippen molar-refractivity contribution in [3.05, 3.63) is 0 Å². The number of nitrogens with two attached hydrogens (primary N) is 1. The average Bonchev–Trinajstić information content (AvgIpc) is 2.00. The fourth-order valence-corrected chi connectivity index (χ4v) is 2.00. The summed E-state index contributed by atoms with van der Waals surface area (Å²) in [6.45, 7) is 8.22. The number of unbranched alkanes of at least 4 members (excludes halogenated alkanes) is 2. The molecule has 1 atom stereocenters. The Morgan fingerprint density at radius 1 is 1.40 bits per heavy atom. The summed E-state index contributed by atoms with van der Waals surface area (Å²) in [5.41, 5.74) is 4.58. The molecule has 15 heavy (non-hydrogen) atoms. The van der Waals surface area contributed by atoms with Gasteiger partial charge in [0.25, 0.3) is 0 Å². The van der Waals surface area contributed by atoms with E-state index >= 15 is 0 Å². The Hall–Kier alpha value is -0.730. The van der Waals surface area contributed by atoms with Gasteiger partial charge in [0.1, 0.15) is 5.60 Å². The van der Waals surface area contributed by atoms with Crippen molar-refractivity contribution < 1.29 is 9.53 Å². The van der Waals surface area contributed by atoms with Gasteiger partial charge in [-0.05, 0) is 26.2 Å². The maximum atomic E-state index is 10.7. The van der Waals surface area contributed by atoms with Gasteiger partial charge in [-0.1, -0.05) is 39.5 Å². The van der Waals surface area contributed by atoms with Crippen LogP contribution in [0.2, 0.25) is 0 Å². The third-order valence-corrected chi connectivity index (χ3v) is 2.52. The topological polar surface area (TPSA) is 52.3 Å². The van der Waals surface area contributed by atoms with Gasteiger partial charge in [0, 0.05) is 0 Å². The fourth-order valence-electron chi connectivity index (χ4n) is 2.00. The first-order valence-electron chi connectivity index (χ1n) is 5.86. The number of amides is 1. The third-order valence-electron chi connectivity index (χ3n) is 2.52. The Morgan fingerprint density at radius 3 is 2.47 bits per heavy atom. The SMILES string of the molecule is CCCCCC(C)CC(C)(C)OC(N)=O. The molecule has 0 aliphatic rings. The highest BCUT2D eigenvalue weighted by atomic mass is 16.6. The van der Waals surface area contributed by atoms with Crippen LogP contribution in [0.15, 0.2) is 0 Å². The second-order valence-corrected chi connectivity index (χ2v) is 4.99. The van der Waals surface area contributed by atoms with Gasteiger partial charge in [-0.2, -0.15) is 0 Å². The van der Waals surface area contributed by atoms with Crippen LogP contribution in [0.4, 0.5) is 4.79 Å². The van der Waals surface area contributed by atoms with Crippen molar-refractivity contribution in [1.29, 1.82) is 0 Å². The third kappa shape index (κ3) is 8.28. The molecule has 0 fully saturated rings. The van der Waals surface area contributed by atoms with Gasteiger partial charge < -0.3 is 10.5 Å². The Bertz CT molecular complexity index is 190. The monoisotopic (exact) mass is 215 g/mol. The van der Waals surface area contributed by atoms with E-state index < -0.39 is 11.7 Å². The van der Waals surface area contributed by atoms with Crippen LogP contribution in [0.1, 0.15) is 59.8 Å². The van der Waals surface area contributed by atoms with E-state index in [4.69, 9.17) is 10.5 Å². The van der Waals surface area contributed by atoms with Crippen molar-refractivity contribution in [3.8, 4) is 0 Å². The number of carbonyl (C=O) groups excluding carboxylic acids is 1. The maximum absolute atomic E-state index is 10.7. The Morgan fingerprint density at radius 2 is 2.00 bits per heavy atom. The molecule has 0 rings (SSSR count). The zero-order valence-corrected chi connectivity index (χ0v) is 10.5. The van der Waals surface area contributed by atoms with Crippen molar-refractivity contribution in [2.75, 3.05) is 0 Å². The number of carbonyl (C=O) groups is 1. The molecule has 0 spiro atoms. The largest absolute Gasteiger partial charge is 0.444 e. The van der Waals surface area contributed by atoms with Crippen LogP contribution in [-0.4, -0.2) is 11.7 Å². The van der Waals surface area contributed by atoms with Gasteiger partial charge in [0.15, 0.2) is 0 Å². The molecule has 3 nitrogen and oxygen atoms in total. The lowest BCUT2D eigenvalue weighted by Gasteiger charge is -2.27. The fraction of sp³-hybridized carbons (Fsp3) is 0.917. The highest BCUT2D eigenvalue weighted by Gasteiger charge is 2.24. The van der Waals surface area contributed by atoms with Crippen LogP contribution in [0.5, 0.6) is 0 Å². The molecule has 2 N–H and O–H groups in total. The molecular formula is C12H25NO2. The molecule has 1 unspecified atom stereocenters. The molecular weight excluding hydrogens is 190 g/mol. The minimum atomic E-state index is -0.680. The summed E-state index contributed by atoms with van der Waals surface area (Å²) in [7, 11) is 0. The molecule has 3 heteroatoms. The first kappa shape index (κ1) is 14.3. The molecule has 0 aromatic carbocycles. The van der Waals surface area contributed by atoms with Crippen molar-refractivity contribution >= 4 is 6.09 Å². The highest BCUT2D eigenvalue weighted by Crippen LogP contribution is 2.24. The number of hydrogen-bond acceptors (Lipinski definition) is 2. The maximum Gasteiger partial charge on any atom is 0.405 e. The Labute approximate surface area is 93.4 Å². The first-order chi connectivity index (χ1) is 6.87. The lowest BCUT2D eigenvalue weighted by atomic mass is 9.91. The molecule has 0 saturated heterocycles. The van der Waals surface area contributed by atoms with Crippen molar-refractivity contribution in [2.24, 2.45) is 11.7 Å². The molecule has 0 heterocycles. The molecule has 90 valence electrons. The average molecular weight is 215 g/mol. The molecule has 0 aliphatic carbocycles. The van der Waals surface area contributed by atoms with Gasteiger partial charge >= 0.3 is 6.09 Å². The number of primary amides is 1. The summed E-state index contributed by atoms with van der Waals surface area (Å²) in [4.78, 5) is 10.7. The predicted molar refractivity (Wildman–Crippen MR) is 62.7 cm³/mol. The van der Waals surface area contributed by atoms with E-state index in [-0.39, 0.29) is 0 Å². The van der Waals surface area contributed by atoms with E-state index in [9.17, 15) is 4.79 Å².